The SMILES string of the molecule is c1ccc(-n2c3ccccc3c3cc(-c4nc(N5c6ccc7ccccc7c6-c6cccc7cccc5c67)nc5c4sc4ccccc45)ccc32)cc1. The van der Waals surface area contributed by atoms with Crippen molar-refractivity contribution in [2.45, 2.75) is 0 Å². The average molecular weight is 693 g/mol. The molecule has 4 heterocycles. The molecule has 12 rings (SSSR count). The highest BCUT2D eigenvalue weighted by atomic mass is 32.1. The van der Waals surface area contributed by atoms with E-state index >= 15 is 0 Å². The minimum atomic E-state index is 0.668. The van der Waals surface area contributed by atoms with Gasteiger partial charge >= 0.3 is 0 Å². The van der Waals surface area contributed by atoms with E-state index in [1.807, 2.05) is 0 Å². The molecule has 53 heavy (non-hydrogen) atoms. The lowest BCUT2D eigenvalue weighted by molar-refractivity contribution is 1.12. The zero-order chi connectivity index (χ0) is 34.6. The van der Waals surface area contributed by atoms with Crippen LogP contribution in [0.3, 0.4) is 0 Å². The first kappa shape index (κ1) is 28.8. The van der Waals surface area contributed by atoms with Crippen molar-refractivity contribution < 1.29 is 0 Å². The first-order valence-electron chi connectivity index (χ1n) is 17.9. The Morgan fingerprint density at radius 1 is 0.491 bits per heavy atom. The number of benzene rings is 8. The lowest BCUT2D eigenvalue weighted by atomic mass is 9.88. The van der Waals surface area contributed by atoms with Crippen LogP contribution >= 0.6 is 11.3 Å². The maximum atomic E-state index is 5.60. The Kier molecular flexibility index (Phi) is 5.90. The lowest BCUT2D eigenvalue weighted by Crippen LogP contribution is -2.18. The molecule has 3 aromatic heterocycles. The van der Waals surface area contributed by atoms with Gasteiger partial charge in [0.15, 0.2) is 0 Å². The Bertz CT molecular complexity index is 3300. The van der Waals surface area contributed by atoms with E-state index in [0.717, 1.165) is 43.9 Å². The first-order chi connectivity index (χ1) is 26.3. The minimum absolute atomic E-state index is 0.668. The molecule has 0 aliphatic carbocycles. The van der Waals surface area contributed by atoms with Crippen LogP contribution in [-0.2, 0) is 0 Å². The van der Waals surface area contributed by atoms with Gasteiger partial charge in [-0.3, -0.25) is 4.90 Å². The summed E-state index contributed by atoms with van der Waals surface area (Å²) in [6, 6.07) is 61.1. The molecule has 0 saturated carbocycles. The number of para-hydroxylation sites is 2. The van der Waals surface area contributed by atoms with Crippen LogP contribution in [0.1, 0.15) is 0 Å². The molecule has 246 valence electrons. The highest BCUT2D eigenvalue weighted by Crippen LogP contribution is 2.53. The van der Waals surface area contributed by atoms with E-state index in [4.69, 9.17) is 9.97 Å². The monoisotopic (exact) mass is 692 g/mol. The van der Waals surface area contributed by atoms with Crippen LogP contribution in [0.4, 0.5) is 17.3 Å². The van der Waals surface area contributed by atoms with Crippen LogP contribution in [0, 0.1) is 0 Å². The Hall–Kier alpha value is -6.82. The summed E-state index contributed by atoms with van der Waals surface area (Å²) in [7, 11) is 0. The van der Waals surface area contributed by atoms with Crippen molar-refractivity contribution >= 4 is 92.3 Å². The molecular weight excluding hydrogens is 665 g/mol. The predicted octanol–water partition coefficient (Wildman–Crippen LogP) is 13.4. The highest BCUT2D eigenvalue weighted by Gasteiger charge is 2.30. The zero-order valence-corrected chi connectivity index (χ0v) is 29.2. The van der Waals surface area contributed by atoms with E-state index < -0.39 is 0 Å². The van der Waals surface area contributed by atoms with Crippen LogP contribution in [0.25, 0.3) is 91.7 Å². The summed E-state index contributed by atoms with van der Waals surface area (Å²) in [5.74, 6) is 0.668. The van der Waals surface area contributed by atoms with Crippen LogP contribution in [-0.4, -0.2) is 14.5 Å². The van der Waals surface area contributed by atoms with Crippen molar-refractivity contribution in [3.05, 3.63) is 170 Å². The second-order valence-electron chi connectivity index (χ2n) is 13.8. The van der Waals surface area contributed by atoms with Crippen LogP contribution in [0.2, 0.25) is 0 Å². The van der Waals surface area contributed by atoms with Gasteiger partial charge in [-0.1, -0.05) is 121 Å². The molecule has 0 N–H and O–H groups in total. The topological polar surface area (TPSA) is 34.0 Å². The largest absolute Gasteiger partial charge is 0.309 e. The van der Waals surface area contributed by atoms with Crippen molar-refractivity contribution in [3.8, 4) is 28.1 Å². The van der Waals surface area contributed by atoms with Crippen molar-refractivity contribution in [2.75, 3.05) is 4.90 Å². The molecule has 8 aromatic carbocycles. The lowest BCUT2D eigenvalue weighted by Gasteiger charge is -2.32. The van der Waals surface area contributed by atoms with E-state index in [9.17, 15) is 0 Å². The van der Waals surface area contributed by atoms with E-state index in [2.05, 4.69) is 179 Å². The summed E-state index contributed by atoms with van der Waals surface area (Å²) in [4.78, 5) is 13.4. The molecule has 5 heteroatoms. The average Bonchev–Trinajstić information content (AvgIpc) is 3.76. The predicted molar refractivity (Wildman–Crippen MR) is 223 cm³/mol. The summed E-state index contributed by atoms with van der Waals surface area (Å²) in [6.45, 7) is 0. The Labute approximate surface area is 308 Å². The normalized spacial score (nSPS) is 12.5. The summed E-state index contributed by atoms with van der Waals surface area (Å²) in [5.41, 5.74) is 11.1. The standard InChI is InChI=1S/C48H28N4S/c1-2-15-32(16-3-1)51-38-21-8-6-18-34(38)37-28-31(25-26-39(37)51)45-47-46(35-19-7-9-23-42(35)53-47)50-48(49-45)52-40-22-11-14-30-13-10-20-36(43(30)40)44-33-17-5-4-12-29(33)24-27-41(44)52/h1-28H. The van der Waals surface area contributed by atoms with E-state index in [1.54, 1.807) is 11.3 Å². The molecule has 11 aromatic rings. The number of aromatic nitrogens is 3. The molecule has 1 aliphatic rings. The van der Waals surface area contributed by atoms with Gasteiger partial charge in [0.1, 0.15) is 0 Å². The summed E-state index contributed by atoms with van der Waals surface area (Å²) in [6.07, 6.45) is 0. The van der Waals surface area contributed by atoms with Crippen molar-refractivity contribution in [2.24, 2.45) is 0 Å². The molecule has 1 aliphatic heterocycles. The van der Waals surface area contributed by atoms with E-state index in [-0.39, 0.29) is 0 Å². The van der Waals surface area contributed by atoms with Crippen LogP contribution in [0.5, 0.6) is 0 Å². The van der Waals surface area contributed by atoms with Crippen LogP contribution < -0.4 is 4.90 Å². The Morgan fingerprint density at radius 3 is 2.13 bits per heavy atom. The number of nitrogens with zero attached hydrogens (tertiary/aromatic N) is 4. The third kappa shape index (κ3) is 4.05. The van der Waals surface area contributed by atoms with Gasteiger partial charge in [-0.2, -0.15) is 0 Å². The number of hydrogen-bond acceptors (Lipinski definition) is 4. The first-order valence-corrected chi connectivity index (χ1v) is 18.7. The zero-order valence-electron chi connectivity index (χ0n) is 28.4. The molecule has 0 spiro atoms. The fourth-order valence-electron chi connectivity index (χ4n) is 8.64. The molecule has 0 saturated heterocycles. The Morgan fingerprint density at radius 2 is 1.23 bits per heavy atom. The third-order valence-corrected chi connectivity index (χ3v) is 12.1. The number of thiophene rings is 1. The molecule has 0 amide bonds. The van der Waals surface area contributed by atoms with Crippen LogP contribution in [0.15, 0.2) is 170 Å². The van der Waals surface area contributed by atoms with E-state index in [0.29, 0.717) is 5.95 Å². The van der Waals surface area contributed by atoms with Crippen molar-refractivity contribution in [1.82, 2.24) is 14.5 Å². The number of hydrogen-bond donors (Lipinski definition) is 0. The number of rotatable bonds is 3. The maximum absolute atomic E-state index is 5.60. The molecular formula is C48H28N4S. The second kappa shape index (κ2) is 10.8. The van der Waals surface area contributed by atoms with Gasteiger partial charge in [-0.15, -0.1) is 11.3 Å². The van der Waals surface area contributed by atoms with Crippen molar-refractivity contribution in [1.29, 1.82) is 0 Å². The van der Waals surface area contributed by atoms with Gasteiger partial charge in [-0.25, -0.2) is 9.97 Å². The molecule has 0 unspecified atom stereocenters. The van der Waals surface area contributed by atoms with E-state index in [1.165, 1.54) is 59.2 Å². The smallest absolute Gasteiger partial charge is 0.235 e. The van der Waals surface area contributed by atoms with Gasteiger partial charge in [0.2, 0.25) is 5.95 Å². The van der Waals surface area contributed by atoms with Crippen molar-refractivity contribution in [3.63, 3.8) is 0 Å². The second-order valence-corrected chi connectivity index (χ2v) is 14.8. The highest BCUT2D eigenvalue weighted by molar-refractivity contribution is 7.26. The Balaban J connectivity index is 1.17. The fraction of sp³-hybridized carbons (Fsp3) is 0. The number of fused-ring (bicyclic) bond motifs is 10. The minimum Gasteiger partial charge on any atom is -0.309 e. The summed E-state index contributed by atoms with van der Waals surface area (Å²) in [5, 5.41) is 8.42. The number of anilines is 3. The molecule has 0 fully saturated rings. The van der Waals surface area contributed by atoms with Gasteiger partial charge in [0.25, 0.3) is 0 Å². The fourth-order valence-corrected chi connectivity index (χ4v) is 9.79. The third-order valence-electron chi connectivity index (χ3n) is 10.9. The molecule has 0 radical (unpaired) electrons. The van der Waals surface area contributed by atoms with Gasteiger partial charge in [0, 0.05) is 43.1 Å². The quantitative estimate of drug-likeness (QED) is 0.185. The van der Waals surface area contributed by atoms with Gasteiger partial charge in [0.05, 0.1) is 38.3 Å². The summed E-state index contributed by atoms with van der Waals surface area (Å²) < 4.78 is 4.66. The summed E-state index contributed by atoms with van der Waals surface area (Å²) >= 11 is 1.77. The van der Waals surface area contributed by atoms with Gasteiger partial charge < -0.3 is 4.57 Å². The van der Waals surface area contributed by atoms with Gasteiger partial charge in [-0.05, 0) is 70.3 Å². The maximum Gasteiger partial charge on any atom is 0.235 e. The molecule has 0 bridgehead atoms. The molecule has 4 nitrogen and oxygen atoms in total. The molecule has 0 atom stereocenters.